The number of anilines is 1. The molecule has 2 aromatic rings. The van der Waals surface area contributed by atoms with E-state index in [2.05, 4.69) is 42.8 Å². The van der Waals surface area contributed by atoms with Crippen molar-refractivity contribution in [3.63, 3.8) is 0 Å². The zero-order valence-corrected chi connectivity index (χ0v) is 10.1. The maximum Gasteiger partial charge on any atom is 0.254 e. The molecule has 0 aliphatic carbocycles. The van der Waals surface area contributed by atoms with E-state index in [4.69, 9.17) is 5.73 Å². The van der Waals surface area contributed by atoms with E-state index in [1.807, 2.05) is 0 Å². The molecule has 2 rings (SSSR count). The van der Waals surface area contributed by atoms with Gasteiger partial charge in [0.1, 0.15) is 5.82 Å². The third-order valence-electron chi connectivity index (χ3n) is 2.97. The minimum absolute atomic E-state index is 0.125. The topological polar surface area (TPSA) is 69.1 Å². The van der Waals surface area contributed by atoms with Crippen LogP contribution in [0.2, 0.25) is 0 Å². The molecule has 0 saturated heterocycles. The van der Waals surface area contributed by atoms with Crippen molar-refractivity contribution in [1.29, 1.82) is 0 Å². The summed E-state index contributed by atoms with van der Waals surface area (Å²) >= 11 is 0. The molecule has 0 bridgehead atoms. The fraction of sp³-hybridized carbons (Fsp3) is 0.545. The molecule has 0 spiro atoms. The molecule has 86 valence electrons. The van der Waals surface area contributed by atoms with E-state index >= 15 is 0 Å². The van der Waals surface area contributed by atoms with Crippen LogP contribution >= 0.6 is 0 Å². The summed E-state index contributed by atoms with van der Waals surface area (Å²) in [5, 5.41) is 4.40. The quantitative estimate of drug-likeness (QED) is 0.794. The summed E-state index contributed by atoms with van der Waals surface area (Å²) < 4.78 is 1.58. The summed E-state index contributed by atoms with van der Waals surface area (Å²) in [6, 6.07) is 1.72. The van der Waals surface area contributed by atoms with Crippen LogP contribution in [0.15, 0.2) is 12.3 Å². The van der Waals surface area contributed by atoms with Gasteiger partial charge >= 0.3 is 0 Å². The standard InChI is InChI=1S/C11H17N5/c1-7(11(2,3)4)9-14-10-13-6-5-8(12)16(10)15-9/h5-7H,12H2,1-4H3/t7-/m0/s1. The van der Waals surface area contributed by atoms with Gasteiger partial charge in [0, 0.05) is 12.1 Å². The molecule has 16 heavy (non-hydrogen) atoms. The van der Waals surface area contributed by atoms with E-state index in [1.54, 1.807) is 16.8 Å². The second kappa shape index (κ2) is 3.43. The van der Waals surface area contributed by atoms with Crippen LogP contribution in [0.1, 0.15) is 39.4 Å². The van der Waals surface area contributed by atoms with Crippen LogP contribution in [-0.2, 0) is 0 Å². The summed E-state index contributed by atoms with van der Waals surface area (Å²) in [5.41, 5.74) is 5.92. The largest absolute Gasteiger partial charge is 0.383 e. The van der Waals surface area contributed by atoms with Crippen LogP contribution in [0.5, 0.6) is 0 Å². The molecule has 0 fully saturated rings. The summed E-state index contributed by atoms with van der Waals surface area (Å²) in [6.07, 6.45) is 1.64. The summed E-state index contributed by atoms with van der Waals surface area (Å²) in [5.74, 6) is 2.17. The monoisotopic (exact) mass is 219 g/mol. The van der Waals surface area contributed by atoms with Gasteiger partial charge in [0.15, 0.2) is 5.82 Å². The Morgan fingerprint density at radius 2 is 2.06 bits per heavy atom. The first-order chi connectivity index (χ1) is 7.39. The number of hydrogen-bond donors (Lipinski definition) is 1. The van der Waals surface area contributed by atoms with Crippen LogP contribution < -0.4 is 5.73 Å². The van der Waals surface area contributed by atoms with Gasteiger partial charge in [-0.15, -0.1) is 5.10 Å². The third-order valence-corrected chi connectivity index (χ3v) is 2.97. The average molecular weight is 219 g/mol. The molecule has 0 aliphatic heterocycles. The summed E-state index contributed by atoms with van der Waals surface area (Å²) in [4.78, 5) is 8.54. The Balaban J connectivity index is 2.52. The summed E-state index contributed by atoms with van der Waals surface area (Å²) in [7, 11) is 0. The predicted molar refractivity (Wildman–Crippen MR) is 63.1 cm³/mol. The van der Waals surface area contributed by atoms with Gasteiger partial charge in [-0.2, -0.15) is 9.50 Å². The number of fused-ring (bicyclic) bond motifs is 1. The van der Waals surface area contributed by atoms with Crippen molar-refractivity contribution in [2.24, 2.45) is 5.41 Å². The molecule has 0 radical (unpaired) electrons. The fourth-order valence-electron chi connectivity index (χ4n) is 1.40. The highest BCUT2D eigenvalue weighted by molar-refractivity contribution is 5.39. The Bertz CT molecular complexity index is 509. The second-order valence-corrected chi connectivity index (χ2v) is 5.14. The number of hydrogen-bond acceptors (Lipinski definition) is 4. The lowest BCUT2D eigenvalue weighted by Crippen LogP contribution is -2.16. The van der Waals surface area contributed by atoms with Gasteiger partial charge in [0.2, 0.25) is 0 Å². The Hall–Kier alpha value is -1.65. The maximum atomic E-state index is 5.80. The maximum absolute atomic E-state index is 5.80. The van der Waals surface area contributed by atoms with Crippen molar-refractivity contribution in [3.8, 4) is 0 Å². The van der Waals surface area contributed by atoms with Gasteiger partial charge in [-0.05, 0) is 11.5 Å². The van der Waals surface area contributed by atoms with E-state index in [-0.39, 0.29) is 11.3 Å². The van der Waals surface area contributed by atoms with Crippen molar-refractivity contribution < 1.29 is 0 Å². The van der Waals surface area contributed by atoms with Crippen molar-refractivity contribution >= 4 is 11.6 Å². The van der Waals surface area contributed by atoms with E-state index in [1.165, 1.54) is 0 Å². The number of nitrogens with zero attached hydrogens (tertiary/aromatic N) is 4. The molecule has 5 heteroatoms. The third kappa shape index (κ3) is 1.73. The zero-order chi connectivity index (χ0) is 11.9. The molecule has 2 heterocycles. The molecule has 2 aromatic heterocycles. The summed E-state index contributed by atoms with van der Waals surface area (Å²) in [6.45, 7) is 8.62. The lowest BCUT2D eigenvalue weighted by atomic mass is 9.82. The molecule has 0 saturated carbocycles. The molecule has 5 nitrogen and oxygen atoms in total. The smallest absolute Gasteiger partial charge is 0.254 e. The van der Waals surface area contributed by atoms with Crippen molar-refractivity contribution in [2.45, 2.75) is 33.6 Å². The number of nitrogens with two attached hydrogens (primary N) is 1. The molecular weight excluding hydrogens is 202 g/mol. The first-order valence-electron chi connectivity index (χ1n) is 5.37. The molecule has 2 N–H and O–H groups in total. The Morgan fingerprint density at radius 3 is 2.62 bits per heavy atom. The van der Waals surface area contributed by atoms with Crippen molar-refractivity contribution in [3.05, 3.63) is 18.1 Å². The van der Waals surface area contributed by atoms with Gasteiger partial charge in [0.25, 0.3) is 5.78 Å². The first-order valence-corrected chi connectivity index (χ1v) is 5.37. The van der Waals surface area contributed by atoms with E-state index < -0.39 is 0 Å². The second-order valence-electron chi connectivity index (χ2n) is 5.14. The highest BCUT2D eigenvalue weighted by Crippen LogP contribution is 2.32. The number of aromatic nitrogens is 4. The molecule has 0 unspecified atom stereocenters. The van der Waals surface area contributed by atoms with Gasteiger partial charge < -0.3 is 5.73 Å². The van der Waals surface area contributed by atoms with E-state index in [9.17, 15) is 0 Å². The van der Waals surface area contributed by atoms with Crippen LogP contribution in [0.25, 0.3) is 5.78 Å². The molecule has 0 aliphatic rings. The van der Waals surface area contributed by atoms with Crippen molar-refractivity contribution in [1.82, 2.24) is 19.6 Å². The van der Waals surface area contributed by atoms with Gasteiger partial charge in [-0.3, -0.25) is 0 Å². The fourth-order valence-corrected chi connectivity index (χ4v) is 1.40. The van der Waals surface area contributed by atoms with E-state index in [0.29, 0.717) is 11.6 Å². The first kappa shape index (κ1) is 10.9. The Morgan fingerprint density at radius 1 is 1.38 bits per heavy atom. The minimum atomic E-state index is 0.125. The molecule has 0 aromatic carbocycles. The number of rotatable bonds is 1. The van der Waals surface area contributed by atoms with Gasteiger partial charge in [-0.1, -0.05) is 27.7 Å². The molecular formula is C11H17N5. The molecule has 1 atom stereocenters. The SMILES string of the molecule is C[C@@H](c1nc2nccc(N)n2n1)C(C)(C)C. The van der Waals surface area contributed by atoms with Crippen molar-refractivity contribution in [2.75, 3.05) is 5.73 Å². The lowest BCUT2D eigenvalue weighted by molar-refractivity contribution is 0.328. The predicted octanol–water partition coefficient (Wildman–Crippen LogP) is 1.86. The Labute approximate surface area is 94.7 Å². The number of nitrogen functional groups attached to an aromatic ring is 1. The highest BCUT2D eigenvalue weighted by Gasteiger charge is 2.25. The molecule has 0 amide bonds. The van der Waals surface area contributed by atoms with Crippen LogP contribution in [0.4, 0.5) is 5.82 Å². The van der Waals surface area contributed by atoms with Gasteiger partial charge in [-0.25, -0.2) is 4.98 Å². The normalized spacial score (nSPS) is 14.2. The van der Waals surface area contributed by atoms with Crippen LogP contribution in [0, 0.1) is 5.41 Å². The highest BCUT2D eigenvalue weighted by atomic mass is 15.4. The van der Waals surface area contributed by atoms with Crippen LogP contribution in [0.3, 0.4) is 0 Å². The lowest BCUT2D eigenvalue weighted by Gasteiger charge is -2.24. The van der Waals surface area contributed by atoms with E-state index in [0.717, 1.165) is 5.82 Å². The minimum Gasteiger partial charge on any atom is -0.383 e. The van der Waals surface area contributed by atoms with Gasteiger partial charge in [0.05, 0.1) is 0 Å². The van der Waals surface area contributed by atoms with Crippen LogP contribution in [-0.4, -0.2) is 19.6 Å². The zero-order valence-electron chi connectivity index (χ0n) is 10.1. The average Bonchev–Trinajstić information content (AvgIpc) is 2.60. The Kier molecular flexibility index (Phi) is 2.33.